The predicted molar refractivity (Wildman–Crippen MR) is 143 cm³/mol. The third kappa shape index (κ3) is 8.33. The Morgan fingerprint density at radius 2 is 1.82 bits per heavy atom. The maximum absolute atomic E-state index is 14.0. The van der Waals surface area contributed by atoms with Gasteiger partial charge in [-0.05, 0) is 63.1 Å². The number of likely N-dealkylation sites (tertiary alicyclic amines) is 1. The summed E-state index contributed by atoms with van der Waals surface area (Å²) in [4.78, 5) is 15.1. The third-order valence-electron chi connectivity index (χ3n) is 8.36. The Balaban J connectivity index is 1.77. The number of alkyl halides is 3. The van der Waals surface area contributed by atoms with Gasteiger partial charge >= 0.3 is 12.2 Å². The van der Waals surface area contributed by atoms with Crippen LogP contribution in [0.5, 0.6) is 0 Å². The number of ether oxygens (including phenoxy) is 1. The normalized spacial score (nSPS) is 21.6. The molecule has 1 saturated carbocycles. The van der Waals surface area contributed by atoms with Crippen molar-refractivity contribution in [3.8, 4) is 0 Å². The molecule has 0 aromatic heterocycles. The van der Waals surface area contributed by atoms with E-state index in [0.29, 0.717) is 51.3 Å². The highest BCUT2D eigenvalue weighted by atomic mass is 19.4. The molecule has 1 heterocycles. The molecule has 1 aliphatic heterocycles. The Morgan fingerprint density at radius 3 is 2.47 bits per heavy atom. The van der Waals surface area contributed by atoms with Crippen LogP contribution in [0.15, 0.2) is 24.3 Å². The largest absolute Gasteiger partial charge is 0.416 e. The van der Waals surface area contributed by atoms with Crippen molar-refractivity contribution in [2.45, 2.75) is 88.4 Å². The van der Waals surface area contributed by atoms with Gasteiger partial charge in [-0.3, -0.25) is 0 Å². The number of piperidine rings is 1. The molecule has 0 bridgehead atoms. The number of carbonyl (C=O) groups excluding carboxylic acids is 1. The minimum atomic E-state index is -4.58. The van der Waals surface area contributed by atoms with Gasteiger partial charge in [0.15, 0.2) is 0 Å². The van der Waals surface area contributed by atoms with Gasteiger partial charge in [0, 0.05) is 45.3 Å². The number of aliphatic hydroxyl groups is 1. The quantitative estimate of drug-likeness (QED) is 0.297. The van der Waals surface area contributed by atoms with E-state index >= 15 is 0 Å². The number of rotatable bonds is 12. The van der Waals surface area contributed by atoms with E-state index in [1.165, 1.54) is 44.2 Å². The number of carbonyl (C=O) groups is 1. The lowest BCUT2D eigenvalue weighted by Crippen LogP contribution is -2.54. The number of nitrogens with zero attached hydrogens (tertiary/aromatic N) is 1. The standard InChI is InChI=1S/C29H46F3N3O3/c1-33-20-24(19-22-11-4-3-5-12-22)34-27(36)35-17-10-13-23(21-35)28(37,16-8-9-18-38-2)25-14-6-7-15-26(25)29(30,31)32/h6-7,14-15,22-24,33,37H,3-5,8-13,16-21H2,1-2H3,(H,34,36)/t23-,24+,28+/m1/s1. The summed E-state index contributed by atoms with van der Waals surface area (Å²) in [5.74, 6) is 0.0988. The fourth-order valence-electron chi connectivity index (χ4n) is 6.39. The number of hydrogen-bond acceptors (Lipinski definition) is 4. The average Bonchev–Trinajstić information content (AvgIpc) is 2.91. The Hall–Kier alpha value is -1.84. The lowest BCUT2D eigenvalue weighted by molar-refractivity contribution is -0.143. The van der Waals surface area contributed by atoms with Crippen LogP contribution in [0.25, 0.3) is 0 Å². The van der Waals surface area contributed by atoms with Gasteiger partial charge in [0.05, 0.1) is 11.2 Å². The zero-order chi connectivity index (χ0) is 27.6. The van der Waals surface area contributed by atoms with Crippen LogP contribution in [-0.2, 0) is 16.5 Å². The minimum absolute atomic E-state index is 0.00476. The van der Waals surface area contributed by atoms with Crippen LogP contribution >= 0.6 is 0 Å². The Labute approximate surface area is 225 Å². The van der Waals surface area contributed by atoms with E-state index < -0.39 is 23.3 Å². The van der Waals surface area contributed by atoms with Crippen LogP contribution in [0.4, 0.5) is 18.0 Å². The van der Waals surface area contributed by atoms with Gasteiger partial charge in [-0.25, -0.2) is 4.79 Å². The lowest BCUT2D eigenvalue weighted by atomic mass is 9.72. The van der Waals surface area contributed by atoms with Crippen LogP contribution in [0.1, 0.15) is 81.8 Å². The zero-order valence-corrected chi connectivity index (χ0v) is 23.0. The SMILES string of the molecule is CNC[C@H](CC1CCCCC1)NC(=O)N1CCC[C@@H]([C@@](O)(CCCCOC)c2ccccc2C(F)(F)F)C1. The molecule has 3 rings (SSSR count). The van der Waals surface area contributed by atoms with Gasteiger partial charge in [0.25, 0.3) is 0 Å². The maximum atomic E-state index is 14.0. The molecule has 2 fully saturated rings. The summed E-state index contributed by atoms with van der Waals surface area (Å²) in [5.41, 5.74) is -2.61. The summed E-state index contributed by atoms with van der Waals surface area (Å²) in [6.07, 6.45) is 4.99. The first-order valence-electron chi connectivity index (χ1n) is 14.3. The van der Waals surface area contributed by atoms with Gasteiger partial charge < -0.3 is 25.4 Å². The maximum Gasteiger partial charge on any atom is 0.416 e. The predicted octanol–water partition coefficient (Wildman–Crippen LogP) is 5.69. The second-order valence-electron chi connectivity index (χ2n) is 11.1. The molecule has 1 aliphatic carbocycles. The molecule has 0 radical (unpaired) electrons. The van der Waals surface area contributed by atoms with Gasteiger partial charge in [0.1, 0.15) is 0 Å². The number of nitrogens with one attached hydrogen (secondary N) is 2. The van der Waals surface area contributed by atoms with Crippen LogP contribution in [0.2, 0.25) is 0 Å². The van der Waals surface area contributed by atoms with Crippen molar-refractivity contribution < 1.29 is 27.8 Å². The van der Waals surface area contributed by atoms with Crippen molar-refractivity contribution >= 4 is 6.03 Å². The highest BCUT2D eigenvalue weighted by Crippen LogP contribution is 2.45. The summed E-state index contributed by atoms with van der Waals surface area (Å²) >= 11 is 0. The molecule has 1 aromatic rings. The van der Waals surface area contributed by atoms with E-state index in [0.717, 1.165) is 12.5 Å². The number of benzene rings is 1. The first-order chi connectivity index (χ1) is 18.2. The molecule has 2 amide bonds. The third-order valence-corrected chi connectivity index (χ3v) is 8.36. The van der Waals surface area contributed by atoms with Gasteiger partial charge in [-0.1, -0.05) is 50.3 Å². The number of amides is 2. The molecule has 9 heteroatoms. The molecule has 2 aliphatic rings. The van der Waals surface area contributed by atoms with Crippen LogP contribution in [0.3, 0.4) is 0 Å². The van der Waals surface area contributed by atoms with E-state index in [-0.39, 0.29) is 30.6 Å². The minimum Gasteiger partial charge on any atom is -0.385 e. The first kappa shape index (κ1) is 30.7. The number of halogens is 3. The van der Waals surface area contributed by atoms with Crippen LogP contribution in [-0.4, -0.2) is 62.5 Å². The van der Waals surface area contributed by atoms with Crippen molar-refractivity contribution in [3.63, 3.8) is 0 Å². The first-order valence-corrected chi connectivity index (χ1v) is 14.3. The van der Waals surface area contributed by atoms with Crippen LogP contribution < -0.4 is 10.6 Å². The molecular formula is C29H46F3N3O3. The van der Waals surface area contributed by atoms with Crippen molar-refractivity contribution in [2.24, 2.45) is 11.8 Å². The Morgan fingerprint density at radius 1 is 1.11 bits per heavy atom. The zero-order valence-electron chi connectivity index (χ0n) is 23.0. The highest BCUT2D eigenvalue weighted by Gasteiger charge is 2.46. The average molecular weight is 542 g/mol. The molecule has 216 valence electrons. The molecule has 6 nitrogen and oxygen atoms in total. The molecule has 3 N–H and O–H groups in total. The fourth-order valence-corrected chi connectivity index (χ4v) is 6.39. The van der Waals surface area contributed by atoms with Crippen molar-refractivity contribution in [3.05, 3.63) is 35.4 Å². The van der Waals surface area contributed by atoms with Gasteiger partial charge in [0.2, 0.25) is 0 Å². The number of methoxy groups -OCH3 is 1. The number of likely N-dealkylation sites (N-methyl/N-ethyl adjacent to an activating group) is 1. The van der Waals surface area contributed by atoms with E-state index in [9.17, 15) is 23.1 Å². The molecule has 0 unspecified atom stereocenters. The molecular weight excluding hydrogens is 495 g/mol. The van der Waals surface area contributed by atoms with Gasteiger partial charge in [-0.2, -0.15) is 13.2 Å². The Kier molecular flexibility index (Phi) is 11.7. The number of unbranched alkanes of at least 4 members (excludes halogenated alkanes) is 1. The fraction of sp³-hybridized carbons (Fsp3) is 0.759. The molecule has 38 heavy (non-hydrogen) atoms. The molecule has 1 saturated heterocycles. The van der Waals surface area contributed by atoms with E-state index in [1.54, 1.807) is 18.1 Å². The summed E-state index contributed by atoms with van der Waals surface area (Å²) in [5, 5.41) is 18.4. The topological polar surface area (TPSA) is 73.8 Å². The summed E-state index contributed by atoms with van der Waals surface area (Å²) < 4.78 is 47.1. The smallest absolute Gasteiger partial charge is 0.385 e. The van der Waals surface area contributed by atoms with Crippen molar-refractivity contribution in [1.29, 1.82) is 0 Å². The van der Waals surface area contributed by atoms with E-state index in [1.807, 2.05) is 7.05 Å². The lowest BCUT2D eigenvalue weighted by Gasteiger charge is -2.44. The highest BCUT2D eigenvalue weighted by molar-refractivity contribution is 5.74. The van der Waals surface area contributed by atoms with E-state index in [4.69, 9.17) is 4.74 Å². The number of urea groups is 1. The summed E-state index contributed by atoms with van der Waals surface area (Å²) in [6.45, 7) is 1.89. The Bertz CT molecular complexity index is 863. The number of hydrogen-bond donors (Lipinski definition) is 3. The van der Waals surface area contributed by atoms with Crippen molar-refractivity contribution in [2.75, 3.05) is 40.4 Å². The monoisotopic (exact) mass is 541 g/mol. The second-order valence-corrected chi connectivity index (χ2v) is 11.1. The molecule has 0 spiro atoms. The van der Waals surface area contributed by atoms with E-state index in [2.05, 4.69) is 10.6 Å². The van der Waals surface area contributed by atoms with Gasteiger partial charge in [-0.15, -0.1) is 0 Å². The van der Waals surface area contributed by atoms with Crippen LogP contribution in [0, 0.1) is 11.8 Å². The summed E-state index contributed by atoms with van der Waals surface area (Å²) in [6, 6.07) is 5.13. The second kappa shape index (κ2) is 14.5. The molecule has 3 atom stereocenters. The summed E-state index contributed by atoms with van der Waals surface area (Å²) in [7, 11) is 3.46. The van der Waals surface area contributed by atoms with Crippen molar-refractivity contribution in [1.82, 2.24) is 15.5 Å². The molecule has 1 aromatic carbocycles.